The third-order valence-electron chi connectivity index (χ3n) is 1.53. The van der Waals surface area contributed by atoms with Crippen LogP contribution in [0.1, 0.15) is 6.92 Å². The van der Waals surface area contributed by atoms with Gasteiger partial charge >= 0.3 is 5.97 Å². The van der Waals surface area contributed by atoms with Crippen molar-refractivity contribution in [1.29, 1.82) is 0 Å². The third-order valence-corrected chi connectivity index (χ3v) is 2.34. The normalized spacial score (nSPS) is 11.9. The van der Waals surface area contributed by atoms with Gasteiger partial charge in [-0.25, -0.2) is 4.79 Å². The fraction of sp³-hybridized carbons (Fsp3) is 0.300. The smallest absolute Gasteiger partial charge is 0.358 e. The monoisotopic (exact) mass is 292 g/mol. The van der Waals surface area contributed by atoms with Crippen LogP contribution in [0, 0.1) is 0 Å². The summed E-state index contributed by atoms with van der Waals surface area (Å²) in [5.74, 6) is 0.0989. The van der Waals surface area contributed by atoms with Crippen molar-refractivity contribution in [2.24, 2.45) is 0 Å². The number of esters is 1. The van der Waals surface area contributed by atoms with Gasteiger partial charge in [-0.3, -0.25) is 0 Å². The molecular weight excluding hydrogens is 283 g/mol. The van der Waals surface area contributed by atoms with Gasteiger partial charge in [-0.15, -0.1) is 0 Å². The zero-order chi connectivity index (χ0) is 11.3. The fourth-order valence-corrected chi connectivity index (χ4v) is 1.36. The Morgan fingerprint density at radius 3 is 2.60 bits per heavy atom. The summed E-state index contributed by atoms with van der Waals surface area (Å²) in [4.78, 5) is 11.2. The van der Waals surface area contributed by atoms with Gasteiger partial charge in [-0.05, 0) is 47.1 Å². The van der Waals surface area contributed by atoms with E-state index in [2.05, 4.69) is 15.9 Å². The largest absolute Gasteiger partial charge is 0.467 e. The van der Waals surface area contributed by atoms with Crippen LogP contribution in [0.4, 0.5) is 0 Å². The summed E-state index contributed by atoms with van der Waals surface area (Å²) < 4.78 is 10.0. The second-order valence-electron chi connectivity index (χ2n) is 2.64. The molecule has 5 heteroatoms. The summed E-state index contributed by atoms with van der Waals surface area (Å²) >= 11 is 8.77. The maximum Gasteiger partial charge on any atom is 0.358 e. The van der Waals surface area contributed by atoms with E-state index in [9.17, 15) is 4.79 Å². The number of benzene rings is 1. The second kappa shape index (κ2) is 5.98. The van der Waals surface area contributed by atoms with E-state index in [4.69, 9.17) is 21.1 Å². The van der Waals surface area contributed by atoms with E-state index in [-0.39, 0.29) is 0 Å². The molecule has 0 saturated heterocycles. The summed E-state index contributed by atoms with van der Waals surface area (Å²) in [5.41, 5.74) is 0. The van der Waals surface area contributed by atoms with Crippen molar-refractivity contribution in [2.45, 2.75) is 11.9 Å². The molecule has 82 valence electrons. The highest BCUT2D eigenvalue weighted by molar-refractivity contribution is 9.09. The lowest BCUT2D eigenvalue weighted by atomic mass is 10.3. The van der Waals surface area contributed by atoms with E-state index in [1.165, 1.54) is 0 Å². The molecule has 1 atom stereocenters. The Hall–Kier alpha value is -0.740. The molecule has 1 aromatic rings. The van der Waals surface area contributed by atoms with E-state index in [0.29, 0.717) is 17.4 Å². The van der Waals surface area contributed by atoms with Crippen LogP contribution >= 0.6 is 27.5 Å². The maximum atomic E-state index is 11.2. The molecule has 3 nitrogen and oxygen atoms in total. The van der Waals surface area contributed by atoms with Gasteiger partial charge in [0.1, 0.15) is 5.75 Å². The Kier molecular flexibility index (Phi) is 4.91. The third kappa shape index (κ3) is 4.10. The summed E-state index contributed by atoms with van der Waals surface area (Å²) in [6.45, 7) is 2.06. The van der Waals surface area contributed by atoms with E-state index < -0.39 is 11.0 Å². The first kappa shape index (κ1) is 12.3. The van der Waals surface area contributed by atoms with Crippen LogP contribution in [0.2, 0.25) is 5.02 Å². The molecule has 15 heavy (non-hydrogen) atoms. The lowest BCUT2D eigenvalue weighted by Gasteiger charge is -2.11. The molecule has 0 amide bonds. The minimum Gasteiger partial charge on any atom is -0.467 e. The lowest BCUT2D eigenvalue weighted by molar-refractivity contribution is -0.146. The SMILES string of the molecule is CCOC(=O)C(Br)Oc1ccc(Cl)cc1. The highest BCUT2D eigenvalue weighted by Gasteiger charge is 2.17. The van der Waals surface area contributed by atoms with Gasteiger partial charge in [0.05, 0.1) is 6.61 Å². The zero-order valence-corrected chi connectivity index (χ0v) is 10.4. The minimum absolute atomic E-state index is 0.324. The molecule has 0 fully saturated rings. The van der Waals surface area contributed by atoms with E-state index in [1.54, 1.807) is 31.2 Å². The molecule has 0 radical (unpaired) electrons. The number of hydrogen-bond donors (Lipinski definition) is 0. The van der Waals surface area contributed by atoms with Crippen LogP contribution in [-0.2, 0) is 9.53 Å². The topological polar surface area (TPSA) is 35.5 Å². The molecule has 1 aromatic carbocycles. The summed E-state index contributed by atoms with van der Waals surface area (Å²) in [5, 5.41) is -0.178. The molecule has 0 N–H and O–H groups in total. The molecule has 0 saturated carbocycles. The first-order valence-corrected chi connectivity index (χ1v) is 5.65. The van der Waals surface area contributed by atoms with Crippen LogP contribution in [0.3, 0.4) is 0 Å². The van der Waals surface area contributed by atoms with E-state index in [1.807, 2.05) is 0 Å². The Balaban J connectivity index is 2.54. The van der Waals surface area contributed by atoms with Crippen LogP contribution in [-0.4, -0.2) is 17.6 Å². The van der Waals surface area contributed by atoms with Crippen LogP contribution < -0.4 is 4.74 Å². The first-order valence-electron chi connectivity index (χ1n) is 4.36. The van der Waals surface area contributed by atoms with Crippen molar-refractivity contribution in [3.05, 3.63) is 29.3 Å². The highest BCUT2D eigenvalue weighted by atomic mass is 79.9. The Morgan fingerprint density at radius 2 is 2.07 bits per heavy atom. The van der Waals surface area contributed by atoms with E-state index in [0.717, 1.165) is 0 Å². The molecule has 1 rings (SSSR count). The second-order valence-corrected chi connectivity index (χ2v) is 3.91. The van der Waals surface area contributed by atoms with Crippen molar-refractivity contribution in [3.8, 4) is 5.75 Å². The number of halogens is 2. The standard InChI is InChI=1S/C10H10BrClO3/c1-2-14-10(13)9(11)15-8-5-3-7(12)4-6-8/h3-6,9H,2H2,1H3. The van der Waals surface area contributed by atoms with Gasteiger partial charge in [-0.1, -0.05) is 11.6 Å². The number of carbonyl (C=O) groups is 1. The molecule has 0 aliphatic carbocycles. The fourth-order valence-electron chi connectivity index (χ4n) is 0.889. The van der Waals surface area contributed by atoms with E-state index >= 15 is 0 Å². The minimum atomic E-state index is -0.793. The van der Waals surface area contributed by atoms with Crippen LogP contribution in [0.25, 0.3) is 0 Å². The number of rotatable bonds is 4. The predicted octanol–water partition coefficient (Wildman–Crippen LogP) is 3.00. The zero-order valence-electron chi connectivity index (χ0n) is 8.07. The predicted molar refractivity (Wildman–Crippen MR) is 61.4 cm³/mol. The average molecular weight is 294 g/mol. The van der Waals surface area contributed by atoms with Gasteiger partial charge in [0.2, 0.25) is 5.01 Å². The maximum absolute atomic E-state index is 11.2. The molecule has 0 bridgehead atoms. The summed E-state index contributed by atoms with van der Waals surface area (Å²) in [6, 6.07) is 6.72. The number of ether oxygens (including phenoxy) is 2. The van der Waals surface area contributed by atoms with Gasteiger partial charge in [0, 0.05) is 5.02 Å². The van der Waals surface area contributed by atoms with Crippen molar-refractivity contribution in [2.75, 3.05) is 6.61 Å². The number of hydrogen-bond acceptors (Lipinski definition) is 3. The molecule has 0 heterocycles. The molecule has 0 aliphatic rings. The molecule has 0 spiro atoms. The van der Waals surface area contributed by atoms with Gasteiger partial charge in [-0.2, -0.15) is 0 Å². The van der Waals surface area contributed by atoms with Gasteiger partial charge in [0.25, 0.3) is 0 Å². The molecule has 0 aromatic heterocycles. The number of alkyl halides is 1. The molecule has 0 aliphatic heterocycles. The Bertz CT molecular complexity index is 326. The molecule has 1 unspecified atom stereocenters. The molecular formula is C10H10BrClO3. The highest BCUT2D eigenvalue weighted by Crippen LogP contribution is 2.18. The Morgan fingerprint density at radius 1 is 1.47 bits per heavy atom. The Labute approximate surface area is 101 Å². The van der Waals surface area contributed by atoms with Gasteiger partial charge < -0.3 is 9.47 Å². The van der Waals surface area contributed by atoms with Crippen LogP contribution in [0.5, 0.6) is 5.75 Å². The van der Waals surface area contributed by atoms with Gasteiger partial charge in [0.15, 0.2) is 0 Å². The summed E-state index contributed by atoms with van der Waals surface area (Å²) in [7, 11) is 0. The van der Waals surface area contributed by atoms with Crippen molar-refractivity contribution in [3.63, 3.8) is 0 Å². The lowest BCUT2D eigenvalue weighted by Crippen LogP contribution is -2.23. The van der Waals surface area contributed by atoms with Crippen molar-refractivity contribution < 1.29 is 14.3 Å². The van der Waals surface area contributed by atoms with Crippen LogP contribution in [0.15, 0.2) is 24.3 Å². The first-order chi connectivity index (χ1) is 7.13. The summed E-state index contributed by atoms with van der Waals surface area (Å²) in [6.07, 6.45) is 0. The average Bonchev–Trinajstić information content (AvgIpc) is 2.22. The van der Waals surface area contributed by atoms with Crippen molar-refractivity contribution in [1.82, 2.24) is 0 Å². The number of carbonyl (C=O) groups excluding carboxylic acids is 1. The quantitative estimate of drug-likeness (QED) is 0.632. The van der Waals surface area contributed by atoms with Crippen molar-refractivity contribution >= 4 is 33.5 Å².